The lowest BCUT2D eigenvalue weighted by Gasteiger charge is -2.38. The summed E-state index contributed by atoms with van der Waals surface area (Å²) in [7, 11) is 1.81. The lowest BCUT2D eigenvalue weighted by Crippen LogP contribution is -2.43. The van der Waals surface area contributed by atoms with E-state index in [4.69, 9.17) is 10.7 Å². The molecule has 0 aliphatic heterocycles. The van der Waals surface area contributed by atoms with E-state index in [-0.39, 0.29) is 5.54 Å². The molecule has 5 rings (SSSR count). The van der Waals surface area contributed by atoms with Crippen LogP contribution >= 0.6 is 0 Å². The Morgan fingerprint density at radius 1 is 0.931 bits per heavy atom. The maximum Gasteiger partial charge on any atom is 0.224 e. The van der Waals surface area contributed by atoms with Crippen molar-refractivity contribution in [3.8, 4) is 22.4 Å². The molecule has 0 saturated heterocycles. The number of benzene rings is 2. The van der Waals surface area contributed by atoms with Gasteiger partial charge in [-0.2, -0.15) is 4.98 Å². The van der Waals surface area contributed by atoms with Gasteiger partial charge >= 0.3 is 0 Å². The predicted molar refractivity (Wildman–Crippen MR) is 117 cm³/mol. The van der Waals surface area contributed by atoms with Gasteiger partial charge in [0.1, 0.15) is 0 Å². The zero-order valence-electron chi connectivity index (χ0n) is 16.4. The highest BCUT2D eigenvalue weighted by molar-refractivity contribution is 5.90. The number of nitrogens with two attached hydrogens (primary N) is 1. The molecule has 1 saturated carbocycles. The Bertz CT molecular complexity index is 1170. The zero-order chi connectivity index (χ0) is 19.8. The molecule has 2 heterocycles. The van der Waals surface area contributed by atoms with Gasteiger partial charge in [-0.15, -0.1) is 0 Å². The number of anilines is 1. The number of nitrogens with zero attached hydrogens (tertiary/aromatic N) is 3. The summed E-state index contributed by atoms with van der Waals surface area (Å²) in [6.45, 7) is 0. The molecule has 0 spiro atoms. The maximum atomic E-state index is 6.50. The summed E-state index contributed by atoms with van der Waals surface area (Å²) in [5, 5.41) is 3.90. The summed E-state index contributed by atoms with van der Waals surface area (Å²) in [5.41, 5.74) is 12.4. The Labute approximate surface area is 170 Å². The standard InChI is InChI=1S/C24H23N5/c1-26-23-27-15-18-14-20(16-6-3-2-4-7-16)21(28-22(18)29-23)17-8-10-19(11-9-17)24(25)12-5-13-24/h2-4,6-11,14-15H,5,12-13,25H2,1H3,(H,26,27,28,29). The summed E-state index contributed by atoms with van der Waals surface area (Å²) >= 11 is 0. The van der Waals surface area contributed by atoms with Gasteiger partial charge in [0.05, 0.1) is 5.69 Å². The predicted octanol–water partition coefficient (Wildman–Crippen LogP) is 4.74. The highest BCUT2D eigenvalue weighted by Crippen LogP contribution is 2.40. The lowest BCUT2D eigenvalue weighted by atomic mass is 9.72. The average molecular weight is 381 g/mol. The zero-order valence-corrected chi connectivity index (χ0v) is 16.4. The van der Waals surface area contributed by atoms with Crippen molar-refractivity contribution in [1.82, 2.24) is 15.0 Å². The number of pyridine rings is 1. The van der Waals surface area contributed by atoms with Crippen molar-refractivity contribution >= 4 is 17.0 Å². The Hall–Kier alpha value is -3.31. The minimum atomic E-state index is -0.160. The van der Waals surface area contributed by atoms with Gasteiger partial charge < -0.3 is 11.1 Å². The summed E-state index contributed by atoms with van der Waals surface area (Å²) < 4.78 is 0. The smallest absolute Gasteiger partial charge is 0.224 e. The van der Waals surface area contributed by atoms with Crippen LogP contribution in [0.4, 0.5) is 5.95 Å². The number of rotatable bonds is 4. The second kappa shape index (κ2) is 6.94. The van der Waals surface area contributed by atoms with E-state index in [1.54, 1.807) is 0 Å². The third-order valence-electron chi connectivity index (χ3n) is 5.86. The van der Waals surface area contributed by atoms with Crippen molar-refractivity contribution in [2.24, 2.45) is 5.73 Å². The van der Waals surface area contributed by atoms with Crippen LogP contribution in [0.2, 0.25) is 0 Å². The molecule has 1 aliphatic rings. The molecule has 5 heteroatoms. The number of nitrogens with one attached hydrogen (secondary N) is 1. The van der Waals surface area contributed by atoms with E-state index in [0.717, 1.165) is 40.6 Å². The number of hydrogen-bond acceptors (Lipinski definition) is 5. The van der Waals surface area contributed by atoms with Crippen LogP contribution in [0.25, 0.3) is 33.4 Å². The molecule has 2 aromatic heterocycles. The number of aromatic nitrogens is 3. The van der Waals surface area contributed by atoms with Gasteiger partial charge in [0.2, 0.25) is 5.95 Å². The fourth-order valence-corrected chi connectivity index (χ4v) is 3.95. The van der Waals surface area contributed by atoms with Crippen molar-refractivity contribution in [3.63, 3.8) is 0 Å². The van der Waals surface area contributed by atoms with Gasteiger partial charge in [0, 0.05) is 35.3 Å². The third kappa shape index (κ3) is 3.13. The molecular weight excluding hydrogens is 358 g/mol. The average Bonchev–Trinajstić information content (AvgIpc) is 2.77. The van der Waals surface area contributed by atoms with Gasteiger partial charge in [-0.25, -0.2) is 9.97 Å². The van der Waals surface area contributed by atoms with Gasteiger partial charge in [0.25, 0.3) is 0 Å². The van der Waals surface area contributed by atoms with E-state index < -0.39 is 0 Å². The SMILES string of the molecule is CNc1ncc2cc(-c3ccccc3)c(-c3ccc(C4(N)CCC4)cc3)nc2n1. The molecule has 144 valence electrons. The molecule has 0 atom stereocenters. The first-order valence-corrected chi connectivity index (χ1v) is 9.97. The molecule has 0 bridgehead atoms. The lowest BCUT2D eigenvalue weighted by molar-refractivity contribution is 0.253. The third-order valence-corrected chi connectivity index (χ3v) is 5.86. The highest BCUT2D eigenvalue weighted by atomic mass is 15.1. The van der Waals surface area contributed by atoms with Crippen LogP contribution in [0, 0.1) is 0 Å². The Morgan fingerprint density at radius 2 is 1.69 bits per heavy atom. The monoisotopic (exact) mass is 381 g/mol. The first-order chi connectivity index (χ1) is 14.2. The van der Waals surface area contributed by atoms with Crippen molar-refractivity contribution in [2.75, 3.05) is 12.4 Å². The number of hydrogen-bond donors (Lipinski definition) is 2. The van der Waals surface area contributed by atoms with Crippen LogP contribution in [-0.4, -0.2) is 22.0 Å². The Kier molecular flexibility index (Phi) is 4.25. The fourth-order valence-electron chi connectivity index (χ4n) is 3.95. The Balaban J connectivity index is 1.67. The van der Waals surface area contributed by atoms with Gasteiger partial charge in [-0.1, -0.05) is 54.6 Å². The second-order valence-corrected chi connectivity index (χ2v) is 7.69. The number of fused-ring (bicyclic) bond motifs is 1. The van der Waals surface area contributed by atoms with Crippen LogP contribution in [0.15, 0.2) is 66.9 Å². The molecule has 1 aliphatic carbocycles. The van der Waals surface area contributed by atoms with Gasteiger partial charge in [-0.3, -0.25) is 0 Å². The van der Waals surface area contributed by atoms with Crippen molar-refractivity contribution < 1.29 is 0 Å². The van der Waals surface area contributed by atoms with Crippen LogP contribution < -0.4 is 11.1 Å². The summed E-state index contributed by atoms with van der Waals surface area (Å²) in [6.07, 6.45) is 5.13. The van der Waals surface area contributed by atoms with E-state index in [1.165, 1.54) is 12.0 Å². The first-order valence-electron chi connectivity index (χ1n) is 9.97. The normalized spacial score (nSPS) is 15.1. The summed E-state index contributed by atoms with van der Waals surface area (Å²) in [5.74, 6) is 0.564. The van der Waals surface area contributed by atoms with Gasteiger partial charge in [-0.05, 0) is 36.5 Å². The molecule has 1 fully saturated rings. The van der Waals surface area contributed by atoms with E-state index >= 15 is 0 Å². The van der Waals surface area contributed by atoms with E-state index in [2.05, 4.69) is 57.7 Å². The van der Waals surface area contributed by atoms with Gasteiger partial charge in [0.15, 0.2) is 5.65 Å². The largest absolute Gasteiger partial charge is 0.357 e. The quantitative estimate of drug-likeness (QED) is 0.534. The van der Waals surface area contributed by atoms with Crippen LogP contribution in [-0.2, 0) is 5.54 Å². The minimum absolute atomic E-state index is 0.160. The van der Waals surface area contributed by atoms with Crippen molar-refractivity contribution in [1.29, 1.82) is 0 Å². The Morgan fingerprint density at radius 3 is 2.34 bits per heavy atom. The van der Waals surface area contributed by atoms with Crippen molar-refractivity contribution in [3.05, 3.63) is 72.4 Å². The van der Waals surface area contributed by atoms with E-state index in [9.17, 15) is 0 Å². The molecule has 0 unspecified atom stereocenters. The molecule has 3 N–H and O–H groups in total. The minimum Gasteiger partial charge on any atom is -0.357 e. The topological polar surface area (TPSA) is 76.7 Å². The van der Waals surface area contributed by atoms with Crippen LogP contribution in [0.5, 0.6) is 0 Å². The summed E-state index contributed by atoms with van der Waals surface area (Å²) in [6, 6.07) is 21.0. The maximum absolute atomic E-state index is 6.50. The van der Waals surface area contributed by atoms with Crippen LogP contribution in [0.3, 0.4) is 0 Å². The fraction of sp³-hybridized carbons (Fsp3) is 0.208. The molecule has 2 aromatic carbocycles. The molecule has 4 aromatic rings. The molecule has 5 nitrogen and oxygen atoms in total. The molecular formula is C24H23N5. The van der Waals surface area contributed by atoms with E-state index in [1.807, 2.05) is 31.4 Å². The highest BCUT2D eigenvalue weighted by Gasteiger charge is 2.34. The molecule has 0 radical (unpaired) electrons. The molecule has 0 amide bonds. The first kappa shape index (κ1) is 17.8. The van der Waals surface area contributed by atoms with Crippen LogP contribution in [0.1, 0.15) is 24.8 Å². The van der Waals surface area contributed by atoms with E-state index in [0.29, 0.717) is 11.6 Å². The summed E-state index contributed by atoms with van der Waals surface area (Å²) in [4.78, 5) is 13.8. The van der Waals surface area contributed by atoms with Crippen molar-refractivity contribution in [2.45, 2.75) is 24.8 Å². The molecule has 29 heavy (non-hydrogen) atoms. The second-order valence-electron chi connectivity index (χ2n) is 7.69.